The molecule has 0 radical (unpaired) electrons. The molecule has 2 fully saturated rings. The van der Waals surface area contributed by atoms with Crippen molar-refractivity contribution in [2.45, 2.75) is 12.6 Å². The van der Waals surface area contributed by atoms with E-state index < -0.39 is 0 Å². The normalized spacial score (nSPS) is 17.7. The van der Waals surface area contributed by atoms with Crippen molar-refractivity contribution in [3.05, 3.63) is 41.6 Å². The van der Waals surface area contributed by atoms with Gasteiger partial charge in [-0.3, -0.25) is 0 Å². The maximum Gasteiger partial charge on any atom is 0.271 e. The van der Waals surface area contributed by atoms with Crippen LogP contribution in [0.1, 0.15) is 0 Å². The lowest BCUT2D eigenvalue weighted by molar-refractivity contribution is 0.122. The molecule has 27 heavy (non-hydrogen) atoms. The Morgan fingerprint density at radius 3 is 2.33 bits per heavy atom. The van der Waals surface area contributed by atoms with Gasteiger partial charge in [-0.2, -0.15) is 0 Å². The van der Waals surface area contributed by atoms with Gasteiger partial charge in [-0.05, 0) is 48.0 Å². The topological polar surface area (TPSA) is 52.4 Å². The Labute approximate surface area is 165 Å². The average Bonchev–Trinajstić information content (AvgIpc) is 2.74. The van der Waals surface area contributed by atoms with Crippen LogP contribution in [-0.4, -0.2) is 51.1 Å². The van der Waals surface area contributed by atoms with Crippen LogP contribution in [0.15, 0.2) is 36.4 Å². The molecule has 4 rings (SSSR count). The van der Waals surface area contributed by atoms with E-state index in [1.807, 2.05) is 6.07 Å². The molecule has 0 aliphatic carbocycles. The number of halogens is 1. The zero-order chi connectivity index (χ0) is 18.6. The number of ether oxygens (including phenoxy) is 1. The predicted octanol–water partition coefficient (Wildman–Crippen LogP) is 3.62. The fourth-order valence-electron chi connectivity index (χ4n) is 3.74. The smallest absolute Gasteiger partial charge is 0.271 e. The van der Waals surface area contributed by atoms with Crippen LogP contribution >= 0.6 is 11.6 Å². The Kier molecular flexibility index (Phi) is 5.51. The number of anilines is 2. The standard InChI is InChI=1S/C20H22BClN4O/c22-19-13-17(14-20(24-19)26-9-11-27-12-10-26)16-1-3-18(4-2-16)25-7-5-21(15-23)6-8-25/h1-4,13-14H,5-12H2. The highest BCUT2D eigenvalue weighted by Gasteiger charge is 2.22. The Morgan fingerprint density at radius 2 is 1.67 bits per heavy atom. The molecule has 5 nitrogen and oxygen atoms in total. The van der Waals surface area contributed by atoms with Crippen LogP contribution in [0, 0.1) is 11.2 Å². The first-order valence-electron chi connectivity index (χ1n) is 9.48. The molecule has 0 atom stereocenters. The molecular weight excluding hydrogens is 359 g/mol. The van der Waals surface area contributed by atoms with Crippen molar-refractivity contribution in [2.24, 2.45) is 0 Å². The van der Waals surface area contributed by atoms with Gasteiger partial charge in [0.2, 0.25) is 0 Å². The summed E-state index contributed by atoms with van der Waals surface area (Å²) in [6, 6.07) is 12.6. The molecule has 0 amide bonds. The van der Waals surface area contributed by atoms with E-state index in [9.17, 15) is 0 Å². The summed E-state index contributed by atoms with van der Waals surface area (Å²) in [5, 5.41) is 9.57. The van der Waals surface area contributed by atoms with Crippen molar-refractivity contribution in [1.82, 2.24) is 4.98 Å². The van der Waals surface area contributed by atoms with E-state index in [-0.39, 0.29) is 6.71 Å². The minimum Gasteiger partial charge on any atom is -0.378 e. The van der Waals surface area contributed by atoms with Crippen molar-refractivity contribution < 1.29 is 4.74 Å². The third-order valence-electron chi connectivity index (χ3n) is 5.36. The van der Waals surface area contributed by atoms with E-state index in [0.717, 1.165) is 69.0 Å². The van der Waals surface area contributed by atoms with Crippen molar-refractivity contribution in [3.63, 3.8) is 0 Å². The van der Waals surface area contributed by atoms with Gasteiger partial charge in [0.15, 0.2) is 0 Å². The molecule has 0 saturated carbocycles. The van der Waals surface area contributed by atoms with Gasteiger partial charge in [0.1, 0.15) is 11.0 Å². The number of nitriles is 1. The van der Waals surface area contributed by atoms with Gasteiger partial charge in [-0.25, -0.2) is 10.2 Å². The van der Waals surface area contributed by atoms with E-state index in [0.29, 0.717) is 5.15 Å². The first-order chi connectivity index (χ1) is 13.2. The SMILES string of the molecule is N#CB1CCN(c2ccc(-c3cc(Cl)nc(N4CCOCC4)c3)cc2)CC1. The lowest BCUT2D eigenvalue weighted by Gasteiger charge is -2.30. The van der Waals surface area contributed by atoms with Gasteiger partial charge >= 0.3 is 0 Å². The monoisotopic (exact) mass is 380 g/mol. The number of hydrogen-bond donors (Lipinski definition) is 0. The first kappa shape index (κ1) is 18.2. The molecule has 138 valence electrons. The second kappa shape index (κ2) is 8.20. The van der Waals surface area contributed by atoms with Crippen LogP contribution in [-0.2, 0) is 4.74 Å². The van der Waals surface area contributed by atoms with E-state index in [2.05, 4.69) is 51.1 Å². The Balaban J connectivity index is 1.52. The molecular formula is C20H22BClN4O. The third kappa shape index (κ3) is 4.21. The van der Waals surface area contributed by atoms with Gasteiger partial charge in [-0.1, -0.05) is 23.7 Å². The second-order valence-electron chi connectivity index (χ2n) is 7.07. The molecule has 3 heterocycles. The molecule has 0 unspecified atom stereocenters. The summed E-state index contributed by atoms with van der Waals surface area (Å²) in [5.41, 5.74) is 3.42. The molecule has 7 heteroatoms. The maximum atomic E-state index is 9.05. The Hall–Kier alpha value is -2.23. The van der Waals surface area contributed by atoms with Crippen LogP contribution < -0.4 is 9.80 Å². The number of benzene rings is 1. The molecule has 0 N–H and O–H groups in total. The van der Waals surface area contributed by atoms with Crippen LogP contribution in [0.3, 0.4) is 0 Å². The van der Waals surface area contributed by atoms with Gasteiger partial charge in [0.05, 0.1) is 13.2 Å². The zero-order valence-corrected chi connectivity index (χ0v) is 16.0. The summed E-state index contributed by atoms with van der Waals surface area (Å²) in [4.78, 5) is 9.06. The summed E-state index contributed by atoms with van der Waals surface area (Å²) in [6.07, 6.45) is 1.89. The van der Waals surface area contributed by atoms with Crippen molar-refractivity contribution in [1.29, 1.82) is 5.26 Å². The predicted molar refractivity (Wildman–Crippen MR) is 111 cm³/mol. The minimum atomic E-state index is 0.207. The van der Waals surface area contributed by atoms with Gasteiger partial charge in [0, 0.05) is 37.8 Å². The lowest BCUT2D eigenvalue weighted by Crippen LogP contribution is -2.36. The summed E-state index contributed by atoms with van der Waals surface area (Å²) in [7, 11) is 0. The maximum absolute atomic E-state index is 9.05. The molecule has 2 aromatic rings. The highest BCUT2D eigenvalue weighted by molar-refractivity contribution is 6.67. The molecule has 2 aliphatic rings. The van der Waals surface area contributed by atoms with Gasteiger partial charge in [0.25, 0.3) is 6.71 Å². The summed E-state index contributed by atoms with van der Waals surface area (Å²) < 4.78 is 5.43. The first-order valence-corrected chi connectivity index (χ1v) is 9.86. The molecule has 0 bridgehead atoms. The molecule has 1 aromatic carbocycles. The highest BCUT2D eigenvalue weighted by Crippen LogP contribution is 2.29. The molecule has 1 aromatic heterocycles. The van der Waals surface area contributed by atoms with Crippen LogP contribution in [0.25, 0.3) is 11.1 Å². The second-order valence-corrected chi connectivity index (χ2v) is 7.46. The van der Waals surface area contributed by atoms with E-state index in [1.54, 1.807) is 0 Å². The number of rotatable bonds is 3. The minimum absolute atomic E-state index is 0.207. The number of morpholine rings is 1. The van der Waals surface area contributed by atoms with Crippen molar-refractivity contribution >= 4 is 29.8 Å². The Bertz CT molecular complexity index is 825. The number of pyridine rings is 1. The highest BCUT2D eigenvalue weighted by atomic mass is 35.5. The molecule has 2 aliphatic heterocycles. The van der Waals surface area contributed by atoms with E-state index in [1.165, 1.54) is 5.69 Å². The van der Waals surface area contributed by atoms with Gasteiger partial charge in [-0.15, -0.1) is 0 Å². The molecule has 2 saturated heterocycles. The van der Waals surface area contributed by atoms with Gasteiger partial charge < -0.3 is 14.5 Å². The summed E-state index contributed by atoms with van der Waals surface area (Å²) in [5.74, 6) is 3.29. The fourth-order valence-corrected chi connectivity index (χ4v) is 3.94. The average molecular weight is 381 g/mol. The van der Waals surface area contributed by atoms with Crippen molar-refractivity contribution in [2.75, 3.05) is 49.2 Å². The lowest BCUT2D eigenvalue weighted by atomic mass is 9.45. The quantitative estimate of drug-likeness (QED) is 0.601. The number of nitrogens with zero attached hydrogens (tertiary/aromatic N) is 4. The Morgan fingerprint density at radius 1 is 0.963 bits per heavy atom. The molecule has 0 spiro atoms. The van der Waals surface area contributed by atoms with Crippen LogP contribution in [0.5, 0.6) is 0 Å². The third-order valence-corrected chi connectivity index (χ3v) is 5.55. The van der Waals surface area contributed by atoms with Crippen molar-refractivity contribution in [3.8, 4) is 17.1 Å². The van der Waals surface area contributed by atoms with Crippen LogP contribution in [0.4, 0.5) is 11.5 Å². The largest absolute Gasteiger partial charge is 0.378 e. The fraction of sp³-hybridized carbons (Fsp3) is 0.400. The number of aromatic nitrogens is 1. The zero-order valence-electron chi connectivity index (χ0n) is 15.3. The summed E-state index contributed by atoms with van der Waals surface area (Å²) in [6.45, 7) is 5.22. The number of hydrogen-bond acceptors (Lipinski definition) is 5. The summed E-state index contributed by atoms with van der Waals surface area (Å²) >= 11 is 6.30. The van der Waals surface area contributed by atoms with Crippen LogP contribution in [0.2, 0.25) is 17.8 Å². The van der Waals surface area contributed by atoms with E-state index in [4.69, 9.17) is 21.6 Å². The van der Waals surface area contributed by atoms with E-state index >= 15 is 0 Å².